The van der Waals surface area contributed by atoms with E-state index in [4.69, 9.17) is 4.74 Å². The van der Waals surface area contributed by atoms with E-state index in [2.05, 4.69) is 36.5 Å². The molecule has 1 atom stereocenters. The summed E-state index contributed by atoms with van der Waals surface area (Å²) in [5, 5.41) is 12.5. The first kappa shape index (κ1) is 17.0. The van der Waals surface area contributed by atoms with Crippen molar-refractivity contribution in [3.63, 3.8) is 0 Å². The Morgan fingerprint density at radius 2 is 1.90 bits per heavy atom. The molecule has 20 heavy (non-hydrogen) atoms. The average Bonchev–Trinajstić information content (AvgIpc) is 2.48. The minimum Gasteiger partial charge on any atom is -0.494 e. The summed E-state index contributed by atoms with van der Waals surface area (Å²) in [5.41, 5.74) is 1.20. The molecule has 0 saturated heterocycles. The van der Waals surface area contributed by atoms with Gasteiger partial charge in [-0.3, -0.25) is 0 Å². The van der Waals surface area contributed by atoms with E-state index in [0.717, 1.165) is 38.0 Å². The highest BCUT2D eigenvalue weighted by Gasteiger charge is 2.19. The van der Waals surface area contributed by atoms with Crippen molar-refractivity contribution < 1.29 is 9.84 Å². The van der Waals surface area contributed by atoms with Crippen molar-refractivity contribution in [3.05, 3.63) is 29.8 Å². The van der Waals surface area contributed by atoms with Gasteiger partial charge in [0.15, 0.2) is 0 Å². The van der Waals surface area contributed by atoms with Gasteiger partial charge in [-0.1, -0.05) is 25.5 Å². The fourth-order valence-corrected chi connectivity index (χ4v) is 2.13. The second-order valence-corrected chi connectivity index (χ2v) is 5.67. The van der Waals surface area contributed by atoms with E-state index < -0.39 is 0 Å². The van der Waals surface area contributed by atoms with E-state index in [-0.39, 0.29) is 12.1 Å². The lowest BCUT2D eigenvalue weighted by molar-refractivity contribution is 0.168. The summed E-state index contributed by atoms with van der Waals surface area (Å²) < 4.78 is 5.74. The molecule has 1 aromatic rings. The number of unbranched alkanes of at least 4 members (excludes halogenated alkanes) is 1. The Kier molecular flexibility index (Phi) is 7.63. The SMILES string of the molecule is CCCc1ccc(OCCCCC(C)(CO)NC)cc1. The smallest absolute Gasteiger partial charge is 0.119 e. The Labute approximate surface area is 123 Å². The van der Waals surface area contributed by atoms with Crippen LogP contribution in [0.3, 0.4) is 0 Å². The number of hydrogen-bond donors (Lipinski definition) is 2. The summed E-state index contributed by atoms with van der Waals surface area (Å²) in [6.45, 7) is 5.14. The molecule has 0 aliphatic heterocycles. The van der Waals surface area contributed by atoms with Crippen LogP contribution in [-0.2, 0) is 6.42 Å². The van der Waals surface area contributed by atoms with Gasteiger partial charge in [0.25, 0.3) is 0 Å². The maximum absolute atomic E-state index is 9.30. The Morgan fingerprint density at radius 3 is 2.45 bits per heavy atom. The summed E-state index contributed by atoms with van der Waals surface area (Å²) in [6, 6.07) is 8.39. The third-order valence-corrected chi connectivity index (χ3v) is 3.81. The molecular weight excluding hydrogens is 250 g/mol. The molecule has 0 saturated carbocycles. The van der Waals surface area contributed by atoms with E-state index in [1.807, 2.05) is 14.0 Å². The van der Waals surface area contributed by atoms with Crippen LogP contribution in [-0.4, -0.2) is 30.9 Å². The standard InChI is InChI=1S/C17H29NO2/c1-4-7-15-8-10-16(11-9-15)20-13-6-5-12-17(2,14-19)18-3/h8-11,18-19H,4-7,12-14H2,1-3H3. The highest BCUT2D eigenvalue weighted by atomic mass is 16.5. The summed E-state index contributed by atoms with van der Waals surface area (Å²) in [6.07, 6.45) is 5.32. The topological polar surface area (TPSA) is 41.5 Å². The number of aryl methyl sites for hydroxylation is 1. The van der Waals surface area contributed by atoms with Gasteiger partial charge < -0.3 is 15.2 Å². The lowest BCUT2D eigenvalue weighted by Gasteiger charge is -2.26. The predicted octanol–water partition coefficient (Wildman–Crippen LogP) is 3.16. The molecule has 3 heteroatoms. The zero-order valence-electron chi connectivity index (χ0n) is 13.1. The number of likely N-dealkylation sites (N-methyl/N-ethyl adjacent to an activating group) is 1. The average molecular weight is 279 g/mol. The fourth-order valence-electron chi connectivity index (χ4n) is 2.13. The maximum Gasteiger partial charge on any atom is 0.119 e. The van der Waals surface area contributed by atoms with Crippen LogP contribution in [0.25, 0.3) is 0 Å². The summed E-state index contributed by atoms with van der Waals surface area (Å²) >= 11 is 0. The van der Waals surface area contributed by atoms with Crippen LogP contribution in [0, 0.1) is 0 Å². The van der Waals surface area contributed by atoms with Crippen molar-refractivity contribution in [2.75, 3.05) is 20.3 Å². The van der Waals surface area contributed by atoms with Gasteiger partial charge in [-0.2, -0.15) is 0 Å². The third kappa shape index (κ3) is 5.93. The van der Waals surface area contributed by atoms with Crippen LogP contribution in [0.15, 0.2) is 24.3 Å². The molecule has 2 N–H and O–H groups in total. The van der Waals surface area contributed by atoms with Gasteiger partial charge in [-0.05, 0) is 57.4 Å². The molecular formula is C17H29NO2. The molecule has 1 unspecified atom stereocenters. The minimum absolute atomic E-state index is 0.165. The fraction of sp³-hybridized carbons (Fsp3) is 0.647. The first-order valence-electron chi connectivity index (χ1n) is 7.65. The van der Waals surface area contributed by atoms with Gasteiger partial charge in [-0.15, -0.1) is 0 Å². The molecule has 3 nitrogen and oxygen atoms in total. The van der Waals surface area contributed by atoms with E-state index in [1.54, 1.807) is 0 Å². The second kappa shape index (κ2) is 8.98. The molecule has 0 fully saturated rings. The van der Waals surface area contributed by atoms with Gasteiger partial charge in [0.05, 0.1) is 13.2 Å². The lowest BCUT2D eigenvalue weighted by atomic mass is 9.96. The van der Waals surface area contributed by atoms with E-state index in [0.29, 0.717) is 0 Å². The van der Waals surface area contributed by atoms with Crippen molar-refractivity contribution in [3.8, 4) is 5.75 Å². The van der Waals surface area contributed by atoms with Crippen LogP contribution in [0.2, 0.25) is 0 Å². The van der Waals surface area contributed by atoms with Gasteiger partial charge in [0.2, 0.25) is 0 Å². The zero-order chi connectivity index (χ0) is 14.8. The van der Waals surface area contributed by atoms with Crippen LogP contribution in [0.5, 0.6) is 5.75 Å². The number of aliphatic hydroxyl groups is 1. The predicted molar refractivity (Wildman–Crippen MR) is 84.3 cm³/mol. The van der Waals surface area contributed by atoms with Crippen LogP contribution in [0.4, 0.5) is 0 Å². The lowest BCUT2D eigenvalue weighted by Crippen LogP contribution is -2.43. The molecule has 1 aromatic carbocycles. The van der Waals surface area contributed by atoms with Gasteiger partial charge in [0, 0.05) is 5.54 Å². The molecule has 0 bridgehead atoms. The van der Waals surface area contributed by atoms with Crippen LogP contribution in [0.1, 0.15) is 45.1 Å². The highest BCUT2D eigenvalue weighted by Crippen LogP contribution is 2.15. The van der Waals surface area contributed by atoms with Gasteiger partial charge in [-0.25, -0.2) is 0 Å². The monoisotopic (exact) mass is 279 g/mol. The molecule has 1 rings (SSSR count). The highest BCUT2D eigenvalue weighted by molar-refractivity contribution is 5.27. The largest absolute Gasteiger partial charge is 0.494 e. The molecule has 0 amide bonds. The number of hydrogen-bond acceptors (Lipinski definition) is 3. The van der Waals surface area contributed by atoms with Gasteiger partial charge >= 0.3 is 0 Å². The number of aliphatic hydroxyl groups excluding tert-OH is 1. The summed E-state index contributed by atoms with van der Waals surface area (Å²) in [4.78, 5) is 0. The Morgan fingerprint density at radius 1 is 1.20 bits per heavy atom. The Hall–Kier alpha value is -1.06. The molecule has 0 radical (unpaired) electrons. The van der Waals surface area contributed by atoms with E-state index in [9.17, 15) is 5.11 Å². The van der Waals surface area contributed by atoms with Crippen molar-refractivity contribution in [2.45, 2.75) is 51.5 Å². The normalized spacial score (nSPS) is 14.0. The van der Waals surface area contributed by atoms with E-state index >= 15 is 0 Å². The first-order valence-corrected chi connectivity index (χ1v) is 7.65. The Balaban J connectivity index is 2.21. The molecule has 0 aliphatic rings. The third-order valence-electron chi connectivity index (χ3n) is 3.81. The Bertz CT molecular complexity index is 358. The second-order valence-electron chi connectivity index (χ2n) is 5.67. The minimum atomic E-state index is -0.165. The number of ether oxygens (including phenoxy) is 1. The number of benzene rings is 1. The molecule has 0 spiro atoms. The molecule has 0 heterocycles. The van der Waals surface area contributed by atoms with Crippen molar-refractivity contribution in [2.24, 2.45) is 0 Å². The van der Waals surface area contributed by atoms with E-state index in [1.165, 1.54) is 12.0 Å². The van der Waals surface area contributed by atoms with Crippen molar-refractivity contribution >= 4 is 0 Å². The number of rotatable bonds is 10. The van der Waals surface area contributed by atoms with Crippen molar-refractivity contribution in [1.29, 1.82) is 0 Å². The molecule has 0 aliphatic carbocycles. The van der Waals surface area contributed by atoms with Crippen LogP contribution >= 0.6 is 0 Å². The summed E-state index contributed by atoms with van der Waals surface area (Å²) in [7, 11) is 1.89. The summed E-state index contributed by atoms with van der Waals surface area (Å²) in [5.74, 6) is 0.948. The molecule has 114 valence electrons. The quantitative estimate of drug-likeness (QED) is 0.646. The maximum atomic E-state index is 9.30. The molecule has 0 aromatic heterocycles. The van der Waals surface area contributed by atoms with Crippen molar-refractivity contribution in [1.82, 2.24) is 5.32 Å². The number of nitrogens with one attached hydrogen (secondary N) is 1. The first-order chi connectivity index (χ1) is 9.63. The zero-order valence-corrected chi connectivity index (χ0v) is 13.1. The van der Waals surface area contributed by atoms with Gasteiger partial charge in [0.1, 0.15) is 5.75 Å². The van der Waals surface area contributed by atoms with Crippen LogP contribution < -0.4 is 10.1 Å².